The number of hydrogen-bond acceptors (Lipinski definition) is 4. The van der Waals surface area contributed by atoms with Crippen molar-refractivity contribution < 1.29 is 5.11 Å². The van der Waals surface area contributed by atoms with Gasteiger partial charge in [-0.15, -0.1) is 0 Å². The average Bonchev–Trinajstić information content (AvgIpc) is 2.39. The lowest BCUT2D eigenvalue weighted by atomic mass is 10.0. The molecular weight excluding hydrogens is 250 g/mol. The Kier molecular flexibility index (Phi) is 4.43. The van der Waals surface area contributed by atoms with Gasteiger partial charge in [-0.3, -0.25) is 0 Å². The van der Waals surface area contributed by atoms with Crippen LogP contribution in [0.1, 0.15) is 18.4 Å². The molecule has 0 unspecified atom stereocenters. The minimum absolute atomic E-state index is 0.0392. The van der Waals surface area contributed by atoms with Crippen LogP contribution in [0.2, 0.25) is 5.02 Å². The van der Waals surface area contributed by atoms with Crippen LogP contribution in [0.5, 0.6) is 0 Å². The fourth-order valence-electron chi connectivity index (χ4n) is 2.37. The molecule has 1 aliphatic heterocycles. The van der Waals surface area contributed by atoms with Crippen LogP contribution in [-0.2, 0) is 6.61 Å². The quantitative estimate of drug-likeness (QED) is 0.908. The number of pyridine rings is 1. The first-order valence-corrected chi connectivity index (χ1v) is 6.66. The van der Waals surface area contributed by atoms with E-state index in [1.165, 1.54) is 0 Å². The second-order valence-electron chi connectivity index (χ2n) is 4.97. The van der Waals surface area contributed by atoms with Gasteiger partial charge >= 0.3 is 0 Å². The number of aromatic nitrogens is 1. The van der Waals surface area contributed by atoms with Crippen molar-refractivity contribution >= 4 is 17.4 Å². The lowest BCUT2D eigenvalue weighted by Gasteiger charge is -2.36. The third kappa shape index (κ3) is 2.94. The molecule has 0 aromatic carbocycles. The van der Waals surface area contributed by atoms with Gasteiger partial charge in [0.1, 0.15) is 5.82 Å². The van der Waals surface area contributed by atoms with Crippen molar-refractivity contribution in [3.05, 3.63) is 22.8 Å². The molecule has 1 N–H and O–H groups in total. The maximum atomic E-state index is 9.22. The zero-order valence-electron chi connectivity index (χ0n) is 10.9. The lowest BCUT2D eigenvalue weighted by Crippen LogP contribution is -2.42. The number of halogens is 1. The fraction of sp³-hybridized carbons (Fsp3) is 0.615. The summed E-state index contributed by atoms with van der Waals surface area (Å²) in [5, 5.41) is 9.75. The number of rotatable bonds is 3. The molecule has 1 aromatic heterocycles. The van der Waals surface area contributed by atoms with Gasteiger partial charge in [0, 0.05) is 30.9 Å². The Hall–Kier alpha value is -0.840. The number of anilines is 1. The van der Waals surface area contributed by atoms with Crippen molar-refractivity contribution in [1.29, 1.82) is 0 Å². The monoisotopic (exact) mass is 269 g/mol. The summed E-state index contributed by atoms with van der Waals surface area (Å²) >= 11 is 5.95. The molecule has 1 aromatic rings. The Morgan fingerprint density at radius 3 is 2.67 bits per heavy atom. The summed E-state index contributed by atoms with van der Waals surface area (Å²) in [7, 11) is 4.26. The van der Waals surface area contributed by atoms with Gasteiger partial charge in [0.25, 0.3) is 0 Å². The smallest absolute Gasteiger partial charge is 0.128 e. The molecule has 0 bridgehead atoms. The van der Waals surface area contributed by atoms with Gasteiger partial charge in [0.2, 0.25) is 0 Å². The molecule has 2 rings (SSSR count). The normalized spacial score (nSPS) is 17.5. The van der Waals surface area contributed by atoms with Crippen LogP contribution in [0, 0.1) is 0 Å². The number of nitrogens with zero attached hydrogens (tertiary/aromatic N) is 3. The summed E-state index contributed by atoms with van der Waals surface area (Å²) in [6, 6.07) is 2.55. The topological polar surface area (TPSA) is 39.6 Å². The molecule has 4 nitrogen and oxygen atoms in total. The predicted molar refractivity (Wildman–Crippen MR) is 74.1 cm³/mol. The second kappa shape index (κ2) is 5.87. The maximum Gasteiger partial charge on any atom is 0.128 e. The van der Waals surface area contributed by atoms with E-state index in [0.717, 1.165) is 37.3 Å². The minimum Gasteiger partial charge on any atom is -0.392 e. The van der Waals surface area contributed by atoms with E-state index < -0.39 is 0 Å². The highest BCUT2D eigenvalue weighted by Gasteiger charge is 2.21. The molecule has 0 atom stereocenters. The number of piperidine rings is 1. The zero-order valence-corrected chi connectivity index (χ0v) is 11.7. The van der Waals surface area contributed by atoms with Crippen molar-refractivity contribution in [3.8, 4) is 0 Å². The highest BCUT2D eigenvalue weighted by molar-refractivity contribution is 6.31. The highest BCUT2D eigenvalue weighted by atomic mass is 35.5. The van der Waals surface area contributed by atoms with Gasteiger partial charge < -0.3 is 14.9 Å². The van der Waals surface area contributed by atoms with Crippen LogP contribution < -0.4 is 4.90 Å². The number of aliphatic hydroxyl groups excluding tert-OH is 1. The van der Waals surface area contributed by atoms with Crippen LogP contribution in [0.3, 0.4) is 0 Å². The summed E-state index contributed by atoms with van der Waals surface area (Å²) in [5.41, 5.74) is 0.747. The molecule has 0 radical (unpaired) electrons. The van der Waals surface area contributed by atoms with E-state index in [0.29, 0.717) is 11.1 Å². The molecule has 5 heteroatoms. The maximum absolute atomic E-state index is 9.22. The Balaban J connectivity index is 2.05. The molecule has 0 amide bonds. The molecule has 1 fully saturated rings. The Morgan fingerprint density at radius 2 is 2.11 bits per heavy atom. The molecule has 1 aliphatic rings. The highest BCUT2D eigenvalue weighted by Crippen LogP contribution is 2.24. The van der Waals surface area contributed by atoms with E-state index in [2.05, 4.69) is 28.9 Å². The Morgan fingerprint density at radius 1 is 1.44 bits per heavy atom. The first-order chi connectivity index (χ1) is 8.61. The molecule has 0 aliphatic carbocycles. The van der Waals surface area contributed by atoms with Crippen LogP contribution in [0.15, 0.2) is 12.3 Å². The SMILES string of the molecule is CN(C)C1CCN(c2cc(CO)c(Cl)cn2)CC1. The Labute approximate surface area is 113 Å². The molecule has 18 heavy (non-hydrogen) atoms. The van der Waals surface area contributed by atoms with E-state index in [9.17, 15) is 5.11 Å². The van der Waals surface area contributed by atoms with Crippen LogP contribution in [-0.4, -0.2) is 48.2 Å². The number of aliphatic hydroxyl groups is 1. The van der Waals surface area contributed by atoms with Crippen LogP contribution in [0.4, 0.5) is 5.82 Å². The van der Waals surface area contributed by atoms with Gasteiger partial charge in [-0.05, 0) is 33.0 Å². The standard InChI is InChI=1S/C13H20ClN3O/c1-16(2)11-3-5-17(6-4-11)13-7-10(9-18)12(14)8-15-13/h7-8,11,18H,3-6,9H2,1-2H3. The minimum atomic E-state index is -0.0392. The third-order valence-electron chi connectivity index (χ3n) is 3.61. The second-order valence-corrected chi connectivity index (χ2v) is 5.38. The van der Waals surface area contributed by atoms with E-state index >= 15 is 0 Å². The van der Waals surface area contributed by atoms with Gasteiger partial charge in [0.05, 0.1) is 11.6 Å². The van der Waals surface area contributed by atoms with Gasteiger partial charge in [-0.1, -0.05) is 11.6 Å². The Bertz CT molecular complexity index is 403. The molecule has 0 spiro atoms. The van der Waals surface area contributed by atoms with Gasteiger partial charge in [-0.25, -0.2) is 4.98 Å². The molecule has 100 valence electrons. The molecular formula is C13H20ClN3O. The largest absolute Gasteiger partial charge is 0.392 e. The van der Waals surface area contributed by atoms with E-state index in [1.807, 2.05) is 6.07 Å². The molecule has 0 saturated carbocycles. The summed E-state index contributed by atoms with van der Waals surface area (Å²) < 4.78 is 0. The zero-order chi connectivity index (χ0) is 13.1. The van der Waals surface area contributed by atoms with Crippen molar-refractivity contribution in [2.75, 3.05) is 32.1 Å². The molecule has 2 heterocycles. The first kappa shape index (κ1) is 13.6. The third-order valence-corrected chi connectivity index (χ3v) is 3.95. The van der Waals surface area contributed by atoms with Crippen molar-refractivity contribution in [3.63, 3.8) is 0 Å². The summed E-state index contributed by atoms with van der Waals surface area (Å²) in [6.07, 6.45) is 3.91. The fourth-order valence-corrected chi connectivity index (χ4v) is 2.54. The van der Waals surface area contributed by atoms with E-state index in [4.69, 9.17) is 11.6 Å². The van der Waals surface area contributed by atoms with Crippen LogP contribution >= 0.6 is 11.6 Å². The number of hydrogen-bond donors (Lipinski definition) is 1. The van der Waals surface area contributed by atoms with Crippen molar-refractivity contribution in [2.45, 2.75) is 25.5 Å². The van der Waals surface area contributed by atoms with Gasteiger partial charge in [-0.2, -0.15) is 0 Å². The lowest BCUT2D eigenvalue weighted by molar-refractivity contribution is 0.249. The summed E-state index contributed by atoms with van der Waals surface area (Å²) in [5.74, 6) is 0.917. The average molecular weight is 270 g/mol. The molecule has 1 saturated heterocycles. The van der Waals surface area contributed by atoms with E-state index in [1.54, 1.807) is 6.20 Å². The summed E-state index contributed by atoms with van der Waals surface area (Å²) in [4.78, 5) is 8.89. The van der Waals surface area contributed by atoms with Crippen molar-refractivity contribution in [1.82, 2.24) is 9.88 Å². The van der Waals surface area contributed by atoms with E-state index in [-0.39, 0.29) is 6.61 Å². The van der Waals surface area contributed by atoms with Crippen LogP contribution in [0.25, 0.3) is 0 Å². The predicted octanol–water partition coefficient (Wildman–Crippen LogP) is 1.76. The first-order valence-electron chi connectivity index (χ1n) is 6.28. The van der Waals surface area contributed by atoms with Gasteiger partial charge in [0.15, 0.2) is 0 Å². The van der Waals surface area contributed by atoms with Crippen molar-refractivity contribution in [2.24, 2.45) is 0 Å². The summed E-state index contributed by atoms with van der Waals surface area (Å²) in [6.45, 7) is 1.97.